The van der Waals surface area contributed by atoms with E-state index in [1.165, 1.54) is 4.96 Å². The monoisotopic (exact) mass is 334 g/mol. The van der Waals surface area contributed by atoms with Crippen molar-refractivity contribution in [2.75, 3.05) is 18.2 Å². The van der Waals surface area contributed by atoms with Gasteiger partial charge in [-0.3, -0.25) is 14.6 Å². The van der Waals surface area contributed by atoms with Crippen molar-refractivity contribution in [3.63, 3.8) is 0 Å². The van der Waals surface area contributed by atoms with Crippen molar-refractivity contribution in [1.82, 2.24) is 14.9 Å². The van der Waals surface area contributed by atoms with E-state index in [1.807, 2.05) is 5.01 Å². The second kappa shape index (κ2) is 5.45. The molecule has 9 nitrogen and oxygen atoms in total. The molecule has 1 aromatic carbocycles. The predicted octanol–water partition coefficient (Wildman–Crippen LogP) is 0.0461. The summed E-state index contributed by atoms with van der Waals surface area (Å²) in [5.74, 6) is -0.767. The fraction of sp³-hybridized carbons (Fsp3) is 0.467. The number of amides is 2. The van der Waals surface area contributed by atoms with Crippen LogP contribution in [0.15, 0.2) is 28.9 Å². The third-order valence-corrected chi connectivity index (χ3v) is 4.47. The number of fused-ring (bicyclic) bond motifs is 1. The smallest absolute Gasteiger partial charge is 0.264 e. The molecule has 1 saturated heterocycles. The van der Waals surface area contributed by atoms with Gasteiger partial charge in [0, 0.05) is 6.54 Å². The molecule has 128 valence electrons. The molecule has 2 aliphatic rings. The van der Waals surface area contributed by atoms with Crippen LogP contribution >= 0.6 is 0 Å². The fourth-order valence-corrected chi connectivity index (χ4v) is 3.19. The zero-order valence-electron chi connectivity index (χ0n) is 13.2. The van der Waals surface area contributed by atoms with E-state index in [4.69, 9.17) is 9.47 Å². The highest BCUT2D eigenvalue weighted by molar-refractivity contribution is 6.21. The Bertz CT molecular complexity index is 740. The van der Waals surface area contributed by atoms with Crippen molar-refractivity contribution in [2.24, 2.45) is 0 Å². The molecule has 2 aliphatic heterocycles. The SMILES string of the molecule is CC(On1on1N1CCC[C@H]1CO)N1C(=O)c2ccccc2C1=O. The molecule has 1 unspecified atom stereocenters. The minimum Gasteiger partial charge on any atom is -0.394 e. The lowest BCUT2D eigenvalue weighted by atomic mass is 10.1. The summed E-state index contributed by atoms with van der Waals surface area (Å²) in [6.07, 6.45) is 1.00. The number of imide groups is 1. The summed E-state index contributed by atoms with van der Waals surface area (Å²) in [5, 5.41) is 12.3. The Hall–Kier alpha value is -2.68. The molecule has 2 amide bonds. The number of carbonyl (C=O) groups excluding carboxylic acids is 2. The summed E-state index contributed by atoms with van der Waals surface area (Å²) < 4.78 is 5.22. The first-order valence-corrected chi connectivity index (χ1v) is 7.91. The van der Waals surface area contributed by atoms with Gasteiger partial charge in [-0.05, 0) is 31.9 Å². The number of rotatable bonds is 5. The average molecular weight is 334 g/mol. The molecule has 0 saturated carbocycles. The van der Waals surface area contributed by atoms with E-state index in [1.54, 1.807) is 31.2 Å². The average Bonchev–Trinajstić information content (AvgIpc) is 3.08. The zero-order valence-corrected chi connectivity index (χ0v) is 13.2. The summed E-state index contributed by atoms with van der Waals surface area (Å²) in [7, 11) is 0. The summed E-state index contributed by atoms with van der Waals surface area (Å²) >= 11 is 0. The standard InChI is InChI=1S/C15H18N4O5/c1-10(17-14(21)12-6-2-3-7-13(12)15(17)22)23-19-18(24-19)16-8-4-5-11(16)9-20/h2-3,6-7,10-11,20H,4-5,8-9H2,1H3/t10?,11-,18?,19?/m0/s1. The van der Waals surface area contributed by atoms with Crippen LogP contribution in [0, 0.1) is 0 Å². The number of nitrogens with zero attached hydrogens (tertiary/aromatic N) is 4. The van der Waals surface area contributed by atoms with Crippen molar-refractivity contribution in [1.29, 1.82) is 0 Å². The Kier molecular flexibility index (Phi) is 3.38. The van der Waals surface area contributed by atoms with Crippen LogP contribution in [-0.2, 0) is 0 Å². The number of aliphatic hydroxyl groups is 1. The minimum absolute atomic E-state index is 0.0202. The molecule has 1 aromatic heterocycles. The lowest BCUT2D eigenvalue weighted by Gasteiger charge is -2.20. The quantitative estimate of drug-likeness (QED) is 0.777. The first kappa shape index (κ1) is 14.9. The molecule has 0 bridgehead atoms. The molecule has 2 atom stereocenters. The van der Waals surface area contributed by atoms with Gasteiger partial charge in [-0.15, -0.1) is 0 Å². The Morgan fingerprint density at radius 1 is 1.29 bits per heavy atom. The normalized spacial score (nSPS) is 21.7. The molecule has 0 spiro atoms. The van der Waals surface area contributed by atoms with Crippen LogP contribution in [-0.4, -0.2) is 57.2 Å². The maximum atomic E-state index is 12.4. The summed E-state index contributed by atoms with van der Waals surface area (Å²) in [6, 6.07) is 6.66. The molecule has 4 rings (SSSR count). The van der Waals surface area contributed by atoms with Crippen molar-refractivity contribution in [3.8, 4) is 0 Å². The van der Waals surface area contributed by atoms with Gasteiger partial charge in [-0.2, -0.15) is 4.63 Å². The largest absolute Gasteiger partial charge is 0.394 e. The van der Waals surface area contributed by atoms with E-state index < -0.39 is 6.23 Å². The zero-order chi connectivity index (χ0) is 16.8. The predicted molar refractivity (Wildman–Crippen MR) is 80.9 cm³/mol. The number of benzene rings is 1. The molecular formula is C15H18N4O5. The number of hydrogen-bond donors (Lipinski definition) is 1. The molecule has 1 N–H and O–H groups in total. The van der Waals surface area contributed by atoms with Gasteiger partial charge in [-0.1, -0.05) is 12.1 Å². The molecule has 0 radical (unpaired) electrons. The van der Waals surface area contributed by atoms with Gasteiger partial charge in [0.2, 0.25) is 6.23 Å². The third-order valence-electron chi connectivity index (χ3n) is 4.47. The van der Waals surface area contributed by atoms with E-state index in [-0.39, 0.29) is 24.5 Å². The minimum atomic E-state index is -0.822. The summed E-state index contributed by atoms with van der Waals surface area (Å²) in [6.45, 7) is 2.38. The molecule has 2 aromatic rings. The first-order chi connectivity index (χ1) is 11.6. The lowest BCUT2D eigenvalue weighted by Crippen LogP contribution is -2.45. The fourth-order valence-electron chi connectivity index (χ4n) is 3.19. The Labute approximate surface area is 137 Å². The number of aliphatic hydroxyl groups excluding tert-OH is 1. The van der Waals surface area contributed by atoms with Crippen molar-refractivity contribution in [3.05, 3.63) is 35.4 Å². The van der Waals surface area contributed by atoms with Crippen LogP contribution in [0.3, 0.4) is 0 Å². The van der Waals surface area contributed by atoms with Crippen molar-refractivity contribution < 1.29 is 24.2 Å². The van der Waals surface area contributed by atoms with Crippen LogP contribution in [0.1, 0.15) is 40.5 Å². The Morgan fingerprint density at radius 2 is 1.96 bits per heavy atom. The van der Waals surface area contributed by atoms with E-state index >= 15 is 0 Å². The first-order valence-electron chi connectivity index (χ1n) is 7.91. The highest BCUT2D eigenvalue weighted by atomic mass is 17.0. The van der Waals surface area contributed by atoms with Gasteiger partial charge in [0.15, 0.2) is 0 Å². The molecule has 0 aliphatic carbocycles. The Balaban J connectivity index is 1.46. The third kappa shape index (κ3) is 2.20. The topological polar surface area (TPSA) is 93.1 Å². The Morgan fingerprint density at radius 3 is 2.58 bits per heavy atom. The lowest BCUT2D eigenvalue weighted by molar-refractivity contribution is -0.0574. The number of hydrogen-bond acceptors (Lipinski definition) is 6. The van der Waals surface area contributed by atoms with Crippen LogP contribution in [0.5, 0.6) is 0 Å². The van der Waals surface area contributed by atoms with Gasteiger partial charge in [0.25, 0.3) is 11.8 Å². The maximum Gasteiger partial charge on any atom is 0.264 e. The second-order valence-electron chi connectivity index (χ2n) is 5.94. The van der Waals surface area contributed by atoms with E-state index in [9.17, 15) is 14.7 Å². The van der Waals surface area contributed by atoms with Gasteiger partial charge in [0.1, 0.15) is 5.02 Å². The maximum absolute atomic E-state index is 12.4. The van der Waals surface area contributed by atoms with E-state index in [2.05, 4.69) is 0 Å². The van der Waals surface area contributed by atoms with Crippen LogP contribution < -0.4 is 9.85 Å². The van der Waals surface area contributed by atoms with Crippen LogP contribution in [0.2, 0.25) is 0 Å². The molecule has 3 heterocycles. The van der Waals surface area contributed by atoms with Gasteiger partial charge >= 0.3 is 0 Å². The van der Waals surface area contributed by atoms with Crippen molar-refractivity contribution in [2.45, 2.75) is 32.0 Å². The highest BCUT2D eigenvalue weighted by Gasteiger charge is 2.41. The number of aromatic nitrogens is 2. The number of carbonyl (C=O) groups is 2. The van der Waals surface area contributed by atoms with Gasteiger partial charge in [-0.25, -0.2) is 4.90 Å². The summed E-state index contributed by atoms with van der Waals surface area (Å²) in [4.78, 5) is 32.8. The van der Waals surface area contributed by atoms with E-state index in [0.717, 1.165) is 29.3 Å². The second-order valence-corrected chi connectivity index (χ2v) is 5.94. The molecule has 24 heavy (non-hydrogen) atoms. The summed E-state index contributed by atoms with van der Waals surface area (Å²) in [5.41, 5.74) is 0.753. The highest BCUT2D eigenvalue weighted by Crippen LogP contribution is 2.24. The van der Waals surface area contributed by atoms with E-state index in [0.29, 0.717) is 11.1 Å². The van der Waals surface area contributed by atoms with Gasteiger partial charge in [0.05, 0.1) is 28.7 Å². The molecule has 1 fully saturated rings. The van der Waals surface area contributed by atoms with Gasteiger partial charge < -0.3 is 9.94 Å². The molecule has 9 heteroatoms. The molecular weight excluding hydrogens is 316 g/mol. The van der Waals surface area contributed by atoms with Crippen LogP contribution in [0.25, 0.3) is 0 Å². The van der Waals surface area contributed by atoms with Crippen molar-refractivity contribution >= 4 is 11.8 Å². The van der Waals surface area contributed by atoms with Crippen LogP contribution in [0.4, 0.5) is 0 Å².